The van der Waals surface area contributed by atoms with Gasteiger partial charge in [-0.2, -0.15) is 0 Å². The fraction of sp³-hybridized carbons (Fsp3) is 0.794. The van der Waals surface area contributed by atoms with Crippen molar-refractivity contribution >= 4 is 41.8 Å². The van der Waals surface area contributed by atoms with Crippen molar-refractivity contribution in [1.29, 1.82) is 0 Å². The molecule has 2 aliphatic rings. The third kappa shape index (κ3) is 17.4. The fourth-order valence-electron chi connectivity index (χ4n) is 5.45. The molecule has 2 aliphatic heterocycles. The molecular formula is C34H53NO21. The largest absolute Gasteiger partial charge is 0.463 e. The lowest BCUT2D eigenvalue weighted by Crippen LogP contribution is -2.67. The van der Waals surface area contributed by atoms with Crippen LogP contribution in [0.3, 0.4) is 0 Å². The van der Waals surface area contributed by atoms with Gasteiger partial charge in [0.2, 0.25) is 0 Å². The van der Waals surface area contributed by atoms with Crippen LogP contribution in [0.15, 0.2) is 0 Å². The maximum absolute atomic E-state index is 12.6. The van der Waals surface area contributed by atoms with E-state index in [1.807, 2.05) is 0 Å². The number of carbonyl (C=O) groups is 7. The quantitative estimate of drug-likeness (QED) is 0.0708. The minimum Gasteiger partial charge on any atom is -0.463 e. The number of hydrogen-bond donors (Lipinski definition) is 1. The van der Waals surface area contributed by atoms with Crippen molar-refractivity contribution in [1.82, 2.24) is 0 Å². The van der Waals surface area contributed by atoms with Gasteiger partial charge < -0.3 is 72.0 Å². The van der Waals surface area contributed by atoms with Gasteiger partial charge in [0.1, 0.15) is 31.5 Å². The first kappa shape index (κ1) is 48.1. The third-order valence-corrected chi connectivity index (χ3v) is 7.40. The topological polar surface area (TPSA) is 275 Å². The molecule has 10 atom stereocenters. The van der Waals surface area contributed by atoms with Crippen molar-refractivity contribution in [3.05, 3.63) is 0 Å². The van der Waals surface area contributed by atoms with E-state index < -0.39 is 116 Å². The summed E-state index contributed by atoms with van der Waals surface area (Å²) < 4.78 is 78.4. The van der Waals surface area contributed by atoms with Crippen molar-refractivity contribution in [2.45, 2.75) is 110 Å². The van der Waals surface area contributed by atoms with Crippen LogP contribution in [-0.4, -0.2) is 169 Å². The monoisotopic (exact) mass is 811 g/mol. The van der Waals surface area contributed by atoms with Crippen molar-refractivity contribution in [3.63, 3.8) is 0 Å². The van der Waals surface area contributed by atoms with Gasteiger partial charge in [0.15, 0.2) is 43.1 Å². The molecule has 320 valence electrons. The van der Waals surface area contributed by atoms with Gasteiger partial charge in [-0.1, -0.05) is 0 Å². The molecule has 2 rings (SSSR count). The summed E-state index contributed by atoms with van der Waals surface area (Å²) in [5, 5.41) is 0. The predicted molar refractivity (Wildman–Crippen MR) is 181 cm³/mol. The molecule has 22 heteroatoms. The molecule has 0 bridgehead atoms. The van der Waals surface area contributed by atoms with Gasteiger partial charge in [0.25, 0.3) is 0 Å². The summed E-state index contributed by atoms with van der Waals surface area (Å²) >= 11 is 0. The van der Waals surface area contributed by atoms with E-state index in [2.05, 4.69) is 0 Å². The second kappa shape index (κ2) is 25.3. The summed E-state index contributed by atoms with van der Waals surface area (Å²) in [5.74, 6) is -5.92. The normalized spacial score (nSPS) is 27.3. The lowest BCUT2D eigenvalue weighted by atomic mass is 9.96. The highest BCUT2D eigenvalue weighted by atomic mass is 16.8. The highest BCUT2D eigenvalue weighted by molar-refractivity contribution is 5.69. The Labute approximate surface area is 323 Å². The number of hydrogen-bond acceptors (Lipinski definition) is 22. The van der Waals surface area contributed by atoms with Crippen LogP contribution in [0.4, 0.5) is 0 Å². The van der Waals surface area contributed by atoms with Crippen LogP contribution in [0.5, 0.6) is 0 Å². The Morgan fingerprint density at radius 1 is 0.429 bits per heavy atom. The first-order chi connectivity index (χ1) is 26.5. The van der Waals surface area contributed by atoms with Crippen molar-refractivity contribution in [2.75, 3.05) is 66.0 Å². The number of esters is 7. The summed E-state index contributed by atoms with van der Waals surface area (Å²) in [6.45, 7) is 8.16. The predicted octanol–water partition coefficient (Wildman–Crippen LogP) is -1.37. The van der Waals surface area contributed by atoms with Gasteiger partial charge in [-0.15, -0.1) is 0 Å². The summed E-state index contributed by atoms with van der Waals surface area (Å²) in [6.07, 6.45) is -15.7. The van der Waals surface area contributed by atoms with Gasteiger partial charge in [-0.25, -0.2) is 0 Å². The lowest BCUT2D eigenvalue weighted by Gasteiger charge is -2.48. The first-order valence-electron chi connectivity index (χ1n) is 17.7. The van der Waals surface area contributed by atoms with E-state index in [0.717, 1.165) is 48.5 Å². The molecule has 0 spiro atoms. The Hall–Kier alpha value is -4.03. The first-order valence-corrected chi connectivity index (χ1v) is 17.7. The van der Waals surface area contributed by atoms with E-state index in [9.17, 15) is 33.6 Å². The van der Waals surface area contributed by atoms with Crippen LogP contribution in [-0.2, 0) is 99.9 Å². The number of ether oxygens (including phenoxy) is 14. The molecule has 56 heavy (non-hydrogen) atoms. The van der Waals surface area contributed by atoms with E-state index in [-0.39, 0.29) is 26.4 Å². The zero-order chi connectivity index (χ0) is 41.8. The van der Waals surface area contributed by atoms with Gasteiger partial charge in [-0.05, 0) is 0 Å². The summed E-state index contributed by atoms with van der Waals surface area (Å²) in [7, 11) is 0. The zero-order valence-corrected chi connectivity index (χ0v) is 32.5. The van der Waals surface area contributed by atoms with Crippen LogP contribution in [0.25, 0.3) is 0 Å². The Morgan fingerprint density at radius 3 is 1.23 bits per heavy atom. The second-order valence-corrected chi connectivity index (χ2v) is 12.2. The molecule has 2 N–H and O–H groups in total. The fourth-order valence-corrected chi connectivity index (χ4v) is 5.45. The number of rotatable bonds is 23. The van der Waals surface area contributed by atoms with Crippen molar-refractivity contribution in [3.8, 4) is 0 Å². The molecule has 2 heterocycles. The van der Waals surface area contributed by atoms with Crippen molar-refractivity contribution in [2.24, 2.45) is 5.73 Å². The summed E-state index contributed by atoms with van der Waals surface area (Å²) in [4.78, 5) is 85.7. The molecule has 0 unspecified atom stereocenters. The Morgan fingerprint density at radius 2 is 0.786 bits per heavy atom. The Balaban J connectivity index is 2.48. The molecule has 0 amide bonds. The molecule has 0 aromatic rings. The third-order valence-electron chi connectivity index (χ3n) is 7.40. The second-order valence-electron chi connectivity index (χ2n) is 12.2. The average Bonchev–Trinajstić information content (AvgIpc) is 3.09. The highest BCUT2D eigenvalue weighted by Crippen LogP contribution is 2.35. The average molecular weight is 812 g/mol. The zero-order valence-electron chi connectivity index (χ0n) is 32.5. The lowest BCUT2D eigenvalue weighted by molar-refractivity contribution is -0.361. The Bertz CT molecular complexity index is 1300. The number of nitrogens with two attached hydrogens (primary N) is 1. The van der Waals surface area contributed by atoms with Crippen LogP contribution in [0, 0.1) is 0 Å². The maximum Gasteiger partial charge on any atom is 0.303 e. The molecule has 22 nitrogen and oxygen atoms in total. The van der Waals surface area contributed by atoms with E-state index in [1.54, 1.807) is 0 Å². The molecule has 0 aromatic heterocycles. The molecule has 0 saturated carbocycles. The van der Waals surface area contributed by atoms with Gasteiger partial charge in [-0.3, -0.25) is 33.6 Å². The number of carbonyl (C=O) groups excluding carboxylic acids is 7. The molecule has 2 saturated heterocycles. The van der Waals surface area contributed by atoms with E-state index >= 15 is 0 Å². The highest BCUT2D eigenvalue weighted by Gasteiger charge is 2.57. The van der Waals surface area contributed by atoms with Crippen LogP contribution >= 0.6 is 0 Å². The summed E-state index contributed by atoms with van der Waals surface area (Å²) in [5.41, 5.74) is 5.37. The van der Waals surface area contributed by atoms with E-state index in [4.69, 9.17) is 72.0 Å². The molecule has 2 fully saturated rings. The minimum absolute atomic E-state index is 0.0111. The van der Waals surface area contributed by atoms with E-state index in [1.165, 1.54) is 0 Å². The van der Waals surface area contributed by atoms with Crippen molar-refractivity contribution < 1.29 is 99.9 Å². The van der Waals surface area contributed by atoms with Crippen LogP contribution < -0.4 is 5.73 Å². The minimum atomic E-state index is -1.81. The summed E-state index contributed by atoms with van der Waals surface area (Å²) in [6, 6.07) is 0. The Kier molecular flexibility index (Phi) is 21.7. The van der Waals surface area contributed by atoms with Gasteiger partial charge in [0.05, 0.1) is 46.2 Å². The molecule has 0 radical (unpaired) electrons. The van der Waals surface area contributed by atoms with Gasteiger partial charge >= 0.3 is 41.8 Å². The molecule has 0 aromatic carbocycles. The van der Waals surface area contributed by atoms with E-state index in [0.29, 0.717) is 26.4 Å². The molecular weight excluding hydrogens is 758 g/mol. The van der Waals surface area contributed by atoms with Gasteiger partial charge in [0, 0.05) is 55.0 Å². The molecule has 0 aliphatic carbocycles. The van der Waals surface area contributed by atoms with Crippen LogP contribution in [0.2, 0.25) is 0 Å². The maximum atomic E-state index is 12.6. The smallest absolute Gasteiger partial charge is 0.303 e. The SMILES string of the molecule is CC(=O)OC[C@H]1O[C@@H](O[C@H]2[C@H](OC(C)=O)[C@@H](OC(C)=O)[C@H](OCCOCCOCCOCCN)O[C@@H]2COC(C)=O)[C@H](OC(C)=O)[C@@H](OC(C)=O)[C@H]1OC(C)=O. The van der Waals surface area contributed by atoms with Crippen LogP contribution in [0.1, 0.15) is 48.5 Å². The standard InChI is InChI=1S/C34H53NO21/c1-18(36)47-16-25-27(49-20(3)38)29(50-21(4)39)32(53-24(7)42)34(55-25)56-28-26(17-48-19(2)37)54-33(31(52-23(6)41)30(28)51-22(5)40)46-15-14-45-13-12-44-11-10-43-9-8-35/h25-34H,8-17,35H2,1-7H3/t25-,26-,27+,28-,29+,30+,31-,32-,33-,34+/m1/s1.